The molecule has 2 aliphatic heterocycles. The molecule has 0 aromatic rings. The highest BCUT2D eigenvalue weighted by atomic mass is 15.2. The van der Waals surface area contributed by atoms with Crippen molar-refractivity contribution in [2.75, 3.05) is 39.8 Å². The Balaban J connectivity index is 1.45. The van der Waals surface area contributed by atoms with Gasteiger partial charge in [-0.2, -0.15) is 5.26 Å². The summed E-state index contributed by atoms with van der Waals surface area (Å²) in [6.45, 7) is 6.48. The Morgan fingerprint density at radius 1 is 1.14 bits per heavy atom. The van der Waals surface area contributed by atoms with Crippen molar-refractivity contribution in [1.29, 1.82) is 5.26 Å². The molecule has 0 amide bonds. The number of nitrogens with zero attached hydrogens (tertiary/aromatic N) is 3. The molecular weight excluding hydrogens is 260 g/mol. The molecule has 0 bridgehead atoms. The SMILES string of the molecule is CNC1(C#N)CCC(N2CCC(CN3CCCC3)CC2)C1. The Hall–Kier alpha value is -0.630. The standard InChI is InChI=1S/C17H30N4/c1-19-17(14-18)7-4-16(12-17)21-10-5-15(6-11-21)13-20-8-2-3-9-20/h15-16,19H,2-13H2,1H3. The molecule has 4 heteroatoms. The van der Waals surface area contributed by atoms with Crippen molar-refractivity contribution >= 4 is 0 Å². The summed E-state index contributed by atoms with van der Waals surface area (Å²) in [6, 6.07) is 3.14. The lowest BCUT2D eigenvalue weighted by molar-refractivity contribution is 0.114. The van der Waals surface area contributed by atoms with Crippen molar-refractivity contribution in [2.45, 2.75) is 56.5 Å². The smallest absolute Gasteiger partial charge is 0.108 e. The van der Waals surface area contributed by atoms with Crippen LogP contribution in [0.2, 0.25) is 0 Å². The van der Waals surface area contributed by atoms with Crippen molar-refractivity contribution in [3.8, 4) is 6.07 Å². The summed E-state index contributed by atoms with van der Waals surface area (Å²) in [5, 5.41) is 12.7. The van der Waals surface area contributed by atoms with E-state index in [0.29, 0.717) is 6.04 Å². The van der Waals surface area contributed by atoms with E-state index in [2.05, 4.69) is 21.2 Å². The lowest BCUT2D eigenvalue weighted by atomic mass is 9.94. The maximum atomic E-state index is 9.40. The summed E-state index contributed by atoms with van der Waals surface area (Å²) >= 11 is 0. The molecule has 2 unspecified atom stereocenters. The Morgan fingerprint density at radius 2 is 1.86 bits per heavy atom. The van der Waals surface area contributed by atoms with Crippen LogP contribution in [0, 0.1) is 17.2 Å². The quantitative estimate of drug-likeness (QED) is 0.858. The Bertz CT molecular complexity index is 377. The van der Waals surface area contributed by atoms with E-state index in [1.165, 1.54) is 64.8 Å². The third-order valence-corrected chi connectivity index (χ3v) is 6.06. The number of nitrogens with one attached hydrogen (secondary N) is 1. The third-order valence-electron chi connectivity index (χ3n) is 6.06. The summed E-state index contributed by atoms with van der Waals surface area (Å²) < 4.78 is 0. The second-order valence-electron chi connectivity index (χ2n) is 7.33. The Kier molecular flexibility index (Phi) is 4.83. The highest BCUT2D eigenvalue weighted by Gasteiger charge is 2.41. The van der Waals surface area contributed by atoms with E-state index >= 15 is 0 Å². The second kappa shape index (κ2) is 6.64. The van der Waals surface area contributed by atoms with E-state index < -0.39 is 0 Å². The highest BCUT2D eigenvalue weighted by Crippen LogP contribution is 2.34. The molecule has 3 aliphatic rings. The molecule has 3 fully saturated rings. The fourth-order valence-electron chi connectivity index (χ4n) is 4.55. The number of piperidine rings is 1. The molecule has 4 nitrogen and oxygen atoms in total. The summed E-state index contributed by atoms with van der Waals surface area (Å²) in [6.07, 6.45) is 8.72. The van der Waals surface area contributed by atoms with Crippen molar-refractivity contribution in [2.24, 2.45) is 5.92 Å². The van der Waals surface area contributed by atoms with Crippen LogP contribution in [0.15, 0.2) is 0 Å². The van der Waals surface area contributed by atoms with Crippen molar-refractivity contribution in [3.63, 3.8) is 0 Å². The molecule has 21 heavy (non-hydrogen) atoms. The van der Waals surface area contributed by atoms with Crippen LogP contribution in [0.1, 0.15) is 44.9 Å². The molecule has 0 aromatic carbocycles. The number of hydrogen-bond acceptors (Lipinski definition) is 4. The normalized spacial score (nSPS) is 36.1. The first-order chi connectivity index (χ1) is 10.2. The van der Waals surface area contributed by atoms with E-state index in [4.69, 9.17) is 0 Å². The Labute approximate surface area is 129 Å². The van der Waals surface area contributed by atoms with Gasteiger partial charge < -0.3 is 15.1 Å². The average Bonchev–Trinajstić information content (AvgIpc) is 3.18. The van der Waals surface area contributed by atoms with E-state index in [0.717, 1.165) is 18.8 Å². The molecule has 3 rings (SSSR count). The Morgan fingerprint density at radius 3 is 2.43 bits per heavy atom. The van der Waals surface area contributed by atoms with Gasteiger partial charge in [0.25, 0.3) is 0 Å². The van der Waals surface area contributed by atoms with Crippen LogP contribution in [-0.2, 0) is 0 Å². The molecule has 1 N–H and O–H groups in total. The number of nitriles is 1. The van der Waals surface area contributed by atoms with Gasteiger partial charge in [0.15, 0.2) is 0 Å². The molecule has 0 spiro atoms. The van der Waals surface area contributed by atoms with Crippen LogP contribution in [0.4, 0.5) is 0 Å². The van der Waals surface area contributed by atoms with Crippen LogP contribution in [-0.4, -0.2) is 61.2 Å². The third kappa shape index (κ3) is 3.41. The topological polar surface area (TPSA) is 42.3 Å². The molecular formula is C17H30N4. The molecule has 2 heterocycles. The molecule has 0 aromatic heterocycles. The number of rotatable bonds is 4. The molecule has 1 saturated carbocycles. The predicted molar refractivity (Wildman–Crippen MR) is 85.0 cm³/mol. The minimum atomic E-state index is -0.253. The monoisotopic (exact) mass is 290 g/mol. The van der Waals surface area contributed by atoms with E-state index in [9.17, 15) is 5.26 Å². The van der Waals surface area contributed by atoms with Gasteiger partial charge in [0.2, 0.25) is 0 Å². The van der Waals surface area contributed by atoms with Crippen LogP contribution in [0.25, 0.3) is 0 Å². The van der Waals surface area contributed by atoms with Gasteiger partial charge in [0.05, 0.1) is 6.07 Å². The fourth-order valence-corrected chi connectivity index (χ4v) is 4.55. The van der Waals surface area contributed by atoms with Crippen LogP contribution in [0.3, 0.4) is 0 Å². The largest absolute Gasteiger partial charge is 0.303 e. The summed E-state index contributed by atoms with van der Waals surface area (Å²) in [5.41, 5.74) is -0.253. The second-order valence-corrected chi connectivity index (χ2v) is 7.33. The van der Waals surface area contributed by atoms with Gasteiger partial charge in [-0.3, -0.25) is 0 Å². The summed E-state index contributed by atoms with van der Waals surface area (Å²) in [5.74, 6) is 0.908. The minimum absolute atomic E-state index is 0.253. The average molecular weight is 290 g/mol. The molecule has 118 valence electrons. The van der Waals surface area contributed by atoms with Gasteiger partial charge in [-0.25, -0.2) is 0 Å². The zero-order chi connectivity index (χ0) is 14.7. The summed E-state index contributed by atoms with van der Waals surface area (Å²) in [7, 11) is 1.94. The van der Waals surface area contributed by atoms with Gasteiger partial charge in [-0.05, 0) is 84.1 Å². The lowest BCUT2D eigenvalue weighted by Crippen LogP contribution is -2.45. The maximum absolute atomic E-state index is 9.40. The fraction of sp³-hybridized carbons (Fsp3) is 0.941. The van der Waals surface area contributed by atoms with Crippen LogP contribution < -0.4 is 5.32 Å². The highest BCUT2D eigenvalue weighted by molar-refractivity contribution is 5.13. The van der Waals surface area contributed by atoms with Gasteiger partial charge in [-0.1, -0.05) is 0 Å². The van der Waals surface area contributed by atoms with Gasteiger partial charge in [0.1, 0.15) is 5.54 Å². The van der Waals surface area contributed by atoms with E-state index in [-0.39, 0.29) is 5.54 Å². The van der Waals surface area contributed by atoms with Gasteiger partial charge >= 0.3 is 0 Å². The van der Waals surface area contributed by atoms with E-state index in [1.807, 2.05) is 7.05 Å². The molecule has 2 atom stereocenters. The maximum Gasteiger partial charge on any atom is 0.108 e. The zero-order valence-corrected chi connectivity index (χ0v) is 13.5. The minimum Gasteiger partial charge on any atom is -0.303 e. The lowest BCUT2D eigenvalue weighted by Gasteiger charge is -2.37. The van der Waals surface area contributed by atoms with Crippen LogP contribution in [0.5, 0.6) is 0 Å². The number of hydrogen-bond donors (Lipinski definition) is 1. The summed E-state index contributed by atoms with van der Waals surface area (Å²) in [4.78, 5) is 5.33. The first-order valence-electron chi connectivity index (χ1n) is 8.81. The molecule has 1 aliphatic carbocycles. The first-order valence-corrected chi connectivity index (χ1v) is 8.81. The zero-order valence-electron chi connectivity index (χ0n) is 13.5. The van der Waals surface area contributed by atoms with Crippen LogP contribution >= 0.6 is 0 Å². The molecule has 2 saturated heterocycles. The molecule has 0 radical (unpaired) electrons. The van der Waals surface area contributed by atoms with E-state index in [1.54, 1.807) is 0 Å². The predicted octanol–water partition coefficient (Wildman–Crippen LogP) is 1.83. The van der Waals surface area contributed by atoms with Gasteiger partial charge in [0, 0.05) is 12.6 Å². The number of likely N-dealkylation sites (tertiary alicyclic amines) is 2. The first kappa shape index (κ1) is 15.3. The van der Waals surface area contributed by atoms with Crippen molar-refractivity contribution in [1.82, 2.24) is 15.1 Å². The van der Waals surface area contributed by atoms with Gasteiger partial charge in [-0.15, -0.1) is 0 Å². The van der Waals surface area contributed by atoms with Crippen molar-refractivity contribution < 1.29 is 0 Å². The van der Waals surface area contributed by atoms with Crippen molar-refractivity contribution in [3.05, 3.63) is 0 Å².